The maximum Gasteiger partial charge on any atom is 0.0693 e. The van der Waals surface area contributed by atoms with E-state index in [4.69, 9.17) is 0 Å². The van der Waals surface area contributed by atoms with Crippen molar-refractivity contribution in [1.29, 1.82) is 0 Å². The lowest BCUT2D eigenvalue weighted by atomic mass is 9.91. The van der Waals surface area contributed by atoms with Gasteiger partial charge in [-0.05, 0) is 37.2 Å². The van der Waals surface area contributed by atoms with Gasteiger partial charge in [0.25, 0.3) is 0 Å². The van der Waals surface area contributed by atoms with Crippen LogP contribution in [-0.4, -0.2) is 34.8 Å². The van der Waals surface area contributed by atoms with E-state index < -0.39 is 0 Å². The third-order valence-electron chi connectivity index (χ3n) is 3.40. The molecule has 0 bridgehead atoms. The molecular weight excluding hydrogens is 194 g/mol. The smallest absolute Gasteiger partial charge is 0.0693 e. The summed E-state index contributed by atoms with van der Waals surface area (Å²) in [4.78, 5) is 0. The van der Waals surface area contributed by atoms with Crippen molar-refractivity contribution in [3.05, 3.63) is 0 Å². The van der Waals surface area contributed by atoms with Gasteiger partial charge in [-0.3, -0.25) is 0 Å². The summed E-state index contributed by atoms with van der Waals surface area (Å²) in [7, 11) is 0. The molecule has 1 heterocycles. The van der Waals surface area contributed by atoms with E-state index in [-0.39, 0.29) is 6.10 Å². The average Bonchev–Trinajstić information content (AvgIpc) is 2.23. The van der Waals surface area contributed by atoms with Gasteiger partial charge in [0.05, 0.1) is 6.10 Å². The zero-order valence-corrected chi connectivity index (χ0v) is 9.56. The summed E-state index contributed by atoms with van der Waals surface area (Å²) < 4.78 is 0. The second-order valence-corrected chi connectivity index (χ2v) is 5.74. The minimum absolute atomic E-state index is 0.0849. The highest BCUT2D eigenvalue weighted by atomic mass is 32.2. The average molecular weight is 215 g/mol. The predicted octanol–water partition coefficient (Wildman–Crippen LogP) is 1.78. The van der Waals surface area contributed by atoms with Crippen molar-refractivity contribution in [1.82, 2.24) is 5.32 Å². The fourth-order valence-corrected chi connectivity index (χ4v) is 3.58. The maximum atomic E-state index is 9.83. The third kappa shape index (κ3) is 2.88. The van der Waals surface area contributed by atoms with E-state index in [0.29, 0.717) is 12.1 Å². The van der Waals surface area contributed by atoms with Crippen LogP contribution in [0.2, 0.25) is 0 Å². The van der Waals surface area contributed by atoms with Crippen molar-refractivity contribution in [2.45, 2.75) is 56.7 Å². The van der Waals surface area contributed by atoms with E-state index in [9.17, 15) is 5.11 Å². The zero-order chi connectivity index (χ0) is 9.80. The van der Waals surface area contributed by atoms with Gasteiger partial charge in [0.2, 0.25) is 0 Å². The molecule has 0 radical (unpaired) electrons. The first-order valence-electron chi connectivity index (χ1n) is 5.88. The molecule has 2 rings (SSSR count). The summed E-state index contributed by atoms with van der Waals surface area (Å²) in [6.07, 6.45) is 7.15. The van der Waals surface area contributed by atoms with Crippen molar-refractivity contribution in [2.75, 3.05) is 11.5 Å². The Morgan fingerprint density at radius 2 is 1.71 bits per heavy atom. The Balaban J connectivity index is 1.76. The molecule has 0 aromatic heterocycles. The van der Waals surface area contributed by atoms with Crippen molar-refractivity contribution in [3.63, 3.8) is 0 Å². The number of hydrogen-bond donors (Lipinski definition) is 2. The van der Waals surface area contributed by atoms with Crippen LogP contribution in [0.4, 0.5) is 0 Å². The van der Waals surface area contributed by atoms with Crippen LogP contribution in [0.5, 0.6) is 0 Å². The third-order valence-corrected chi connectivity index (χ3v) is 4.45. The van der Waals surface area contributed by atoms with E-state index in [2.05, 4.69) is 17.1 Å². The molecule has 1 aliphatic heterocycles. The van der Waals surface area contributed by atoms with E-state index >= 15 is 0 Å². The van der Waals surface area contributed by atoms with Crippen molar-refractivity contribution in [3.8, 4) is 0 Å². The van der Waals surface area contributed by atoms with E-state index in [1.54, 1.807) is 0 Å². The van der Waals surface area contributed by atoms with Crippen molar-refractivity contribution >= 4 is 11.8 Å². The normalized spacial score (nSPS) is 35.8. The lowest BCUT2D eigenvalue weighted by Crippen LogP contribution is -2.48. The maximum absolute atomic E-state index is 9.83. The molecule has 1 saturated heterocycles. The molecule has 2 N–H and O–H groups in total. The van der Waals surface area contributed by atoms with Gasteiger partial charge in [0.15, 0.2) is 0 Å². The summed E-state index contributed by atoms with van der Waals surface area (Å²) in [5.41, 5.74) is 0. The fraction of sp³-hybridized carbons (Fsp3) is 1.00. The first-order valence-corrected chi connectivity index (χ1v) is 7.03. The molecule has 1 saturated carbocycles. The lowest BCUT2D eigenvalue weighted by Gasteiger charge is -2.33. The minimum atomic E-state index is -0.0849. The number of thioether (sulfide) groups is 1. The van der Waals surface area contributed by atoms with Gasteiger partial charge in [-0.15, -0.1) is 0 Å². The molecule has 2 nitrogen and oxygen atoms in total. The van der Waals surface area contributed by atoms with E-state index in [1.807, 2.05) is 0 Å². The molecule has 14 heavy (non-hydrogen) atoms. The van der Waals surface area contributed by atoms with Crippen LogP contribution in [0.25, 0.3) is 0 Å². The first-order chi connectivity index (χ1) is 6.86. The van der Waals surface area contributed by atoms with Crippen LogP contribution in [0.3, 0.4) is 0 Å². The number of rotatable bonds is 2. The fourth-order valence-electron chi connectivity index (χ4n) is 2.47. The Morgan fingerprint density at radius 3 is 2.43 bits per heavy atom. The van der Waals surface area contributed by atoms with Crippen LogP contribution in [0.1, 0.15) is 38.5 Å². The highest BCUT2D eigenvalue weighted by Crippen LogP contribution is 2.22. The molecule has 2 atom stereocenters. The summed E-state index contributed by atoms with van der Waals surface area (Å²) in [6.45, 7) is 0. The summed E-state index contributed by atoms with van der Waals surface area (Å²) in [5, 5.41) is 13.5. The molecule has 0 aromatic rings. The number of hydrogen-bond acceptors (Lipinski definition) is 3. The van der Waals surface area contributed by atoms with Crippen LogP contribution in [0.15, 0.2) is 0 Å². The van der Waals surface area contributed by atoms with E-state index in [0.717, 1.165) is 6.42 Å². The van der Waals surface area contributed by atoms with Gasteiger partial charge in [-0.25, -0.2) is 0 Å². The largest absolute Gasteiger partial charge is 0.392 e. The Morgan fingerprint density at radius 1 is 1.00 bits per heavy atom. The minimum Gasteiger partial charge on any atom is -0.392 e. The zero-order valence-electron chi connectivity index (χ0n) is 8.74. The van der Waals surface area contributed by atoms with Crippen molar-refractivity contribution in [2.24, 2.45) is 0 Å². The highest BCUT2D eigenvalue weighted by Gasteiger charge is 2.25. The quantitative estimate of drug-likeness (QED) is 0.736. The Labute approximate surface area is 90.8 Å². The Bertz CT molecular complexity index is 171. The molecule has 82 valence electrons. The van der Waals surface area contributed by atoms with Gasteiger partial charge >= 0.3 is 0 Å². The standard InChI is InChI=1S/C11H21NOS/c13-11-4-2-1-3-10(11)12-9-5-7-14-8-6-9/h9-13H,1-8H2/t10-,11-/m1/s1. The summed E-state index contributed by atoms with van der Waals surface area (Å²) in [6, 6.07) is 1.06. The molecule has 0 aromatic carbocycles. The number of aliphatic hydroxyl groups excluding tert-OH is 1. The Kier molecular flexibility index (Phi) is 4.14. The first kappa shape index (κ1) is 10.8. The van der Waals surface area contributed by atoms with Crippen molar-refractivity contribution < 1.29 is 5.11 Å². The Hall–Kier alpha value is 0.270. The van der Waals surface area contributed by atoms with Gasteiger partial charge in [0, 0.05) is 12.1 Å². The van der Waals surface area contributed by atoms with Gasteiger partial charge in [0.1, 0.15) is 0 Å². The van der Waals surface area contributed by atoms with E-state index in [1.165, 1.54) is 43.6 Å². The lowest BCUT2D eigenvalue weighted by molar-refractivity contribution is 0.0841. The monoisotopic (exact) mass is 215 g/mol. The van der Waals surface area contributed by atoms with Crippen LogP contribution < -0.4 is 5.32 Å². The van der Waals surface area contributed by atoms with Crippen LogP contribution in [0, 0.1) is 0 Å². The SMILES string of the molecule is O[C@@H]1CCCC[C@H]1NC1CCSCC1. The summed E-state index contributed by atoms with van der Waals surface area (Å²) >= 11 is 2.06. The topological polar surface area (TPSA) is 32.3 Å². The molecule has 0 unspecified atom stereocenters. The predicted molar refractivity (Wildman–Crippen MR) is 61.7 cm³/mol. The molecule has 0 amide bonds. The molecule has 1 aliphatic carbocycles. The second kappa shape index (κ2) is 5.38. The second-order valence-electron chi connectivity index (χ2n) is 4.51. The molecular formula is C11H21NOS. The molecule has 0 spiro atoms. The van der Waals surface area contributed by atoms with Gasteiger partial charge in [-0.2, -0.15) is 11.8 Å². The number of nitrogens with one attached hydrogen (secondary N) is 1. The van der Waals surface area contributed by atoms with Crippen LogP contribution in [-0.2, 0) is 0 Å². The number of aliphatic hydroxyl groups is 1. The van der Waals surface area contributed by atoms with Gasteiger partial charge in [-0.1, -0.05) is 12.8 Å². The molecule has 2 fully saturated rings. The van der Waals surface area contributed by atoms with Crippen LogP contribution >= 0.6 is 11.8 Å². The summed E-state index contributed by atoms with van der Waals surface area (Å²) in [5.74, 6) is 2.58. The van der Waals surface area contributed by atoms with Gasteiger partial charge < -0.3 is 10.4 Å². The molecule has 2 aliphatic rings. The highest BCUT2D eigenvalue weighted by molar-refractivity contribution is 7.99. The molecule has 3 heteroatoms.